The topological polar surface area (TPSA) is 61.2 Å². The van der Waals surface area contributed by atoms with Crippen molar-refractivity contribution in [1.29, 1.82) is 0 Å². The lowest BCUT2D eigenvalue weighted by atomic mass is 10.1. The molecule has 0 radical (unpaired) electrons. The zero-order valence-corrected chi connectivity index (χ0v) is 17.5. The number of benzene rings is 2. The molecule has 0 unspecified atom stereocenters. The average Bonchev–Trinajstić information content (AvgIpc) is 2.73. The van der Waals surface area contributed by atoms with Gasteiger partial charge in [-0.2, -0.15) is 0 Å². The molecule has 0 aliphatic carbocycles. The molecule has 0 N–H and O–H groups in total. The Morgan fingerprint density at radius 3 is 2.48 bits per heavy atom. The van der Waals surface area contributed by atoms with Crippen LogP contribution in [0.4, 0.5) is 0 Å². The Hall–Kier alpha value is -2.99. The Morgan fingerprint density at radius 2 is 1.79 bits per heavy atom. The average molecular weight is 407 g/mol. The van der Waals surface area contributed by atoms with Crippen LogP contribution in [0.25, 0.3) is 20.3 Å². The number of methoxy groups -OCH3 is 1. The molecule has 2 heterocycles. The van der Waals surface area contributed by atoms with Crippen molar-refractivity contribution in [2.45, 2.75) is 32.7 Å². The lowest BCUT2D eigenvalue weighted by Crippen LogP contribution is -2.30. The third-order valence-electron chi connectivity index (χ3n) is 5.03. The van der Waals surface area contributed by atoms with Gasteiger partial charge in [-0.25, -0.2) is 4.98 Å². The number of rotatable bonds is 5. The van der Waals surface area contributed by atoms with E-state index in [1.165, 1.54) is 11.3 Å². The van der Waals surface area contributed by atoms with Crippen LogP contribution in [0.2, 0.25) is 0 Å². The molecule has 0 fully saturated rings. The van der Waals surface area contributed by atoms with Gasteiger partial charge in [-0.05, 0) is 36.2 Å². The van der Waals surface area contributed by atoms with Crippen LogP contribution in [0, 0.1) is 0 Å². The van der Waals surface area contributed by atoms with Crippen LogP contribution in [-0.2, 0) is 13.0 Å². The molecular weight excluding hydrogens is 384 g/mol. The van der Waals surface area contributed by atoms with Gasteiger partial charge in [0.2, 0.25) is 5.43 Å². The molecular formula is C23H22N2O3S. The van der Waals surface area contributed by atoms with Gasteiger partial charge in [-0.1, -0.05) is 38.1 Å². The van der Waals surface area contributed by atoms with Crippen LogP contribution in [0.1, 0.15) is 31.2 Å². The lowest BCUT2D eigenvalue weighted by Gasteiger charge is -2.16. The van der Waals surface area contributed by atoms with Crippen LogP contribution in [-0.4, -0.2) is 16.7 Å². The van der Waals surface area contributed by atoms with Crippen molar-refractivity contribution in [3.05, 3.63) is 80.5 Å². The summed E-state index contributed by atoms with van der Waals surface area (Å²) in [4.78, 5) is 31.6. The standard InChI is InChI=1S/C23H22N2O3S/c1-14(2)21-24-22-19(20(26)17-6-4-5-7-18(17)29-22)23(27)25(21)13-12-15-8-10-16(28-3)11-9-15/h4-11,14H,12-13H2,1-3H3. The number of ether oxygens (including phenoxy) is 1. The second-order valence-corrected chi connectivity index (χ2v) is 8.32. The summed E-state index contributed by atoms with van der Waals surface area (Å²) in [6, 6.07) is 15.2. The molecule has 6 heteroatoms. The van der Waals surface area contributed by atoms with Gasteiger partial charge < -0.3 is 4.74 Å². The molecule has 2 aromatic carbocycles. The second-order valence-electron chi connectivity index (χ2n) is 7.29. The number of aryl methyl sites for hydroxylation is 1. The van der Waals surface area contributed by atoms with Crippen molar-refractivity contribution in [2.75, 3.05) is 7.11 Å². The van der Waals surface area contributed by atoms with Crippen LogP contribution in [0.3, 0.4) is 0 Å². The summed E-state index contributed by atoms with van der Waals surface area (Å²) in [7, 11) is 1.63. The summed E-state index contributed by atoms with van der Waals surface area (Å²) in [5.41, 5.74) is 0.607. The summed E-state index contributed by atoms with van der Waals surface area (Å²) in [6.07, 6.45) is 0.669. The third kappa shape index (κ3) is 3.56. The molecule has 0 bridgehead atoms. The fourth-order valence-electron chi connectivity index (χ4n) is 3.49. The van der Waals surface area contributed by atoms with Crippen molar-refractivity contribution in [1.82, 2.24) is 9.55 Å². The fraction of sp³-hybridized carbons (Fsp3) is 0.261. The molecule has 0 spiro atoms. The molecule has 148 valence electrons. The molecule has 0 atom stereocenters. The Kier molecular flexibility index (Phi) is 5.20. The van der Waals surface area contributed by atoms with E-state index in [4.69, 9.17) is 9.72 Å². The van der Waals surface area contributed by atoms with E-state index < -0.39 is 0 Å². The smallest absolute Gasteiger partial charge is 0.266 e. The van der Waals surface area contributed by atoms with Crippen LogP contribution < -0.4 is 15.7 Å². The van der Waals surface area contributed by atoms with E-state index >= 15 is 0 Å². The van der Waals surface area contributed by atoms with Gasteiger partial charge >= 0.3 is 0 Å². The monoisotopic (exact) mass is 406 g/mol. The molecule has 4 rings (SSSR count). The van der Waals surface area contributed by atoms with E-state index in [1.54, 1.807) is 17.7 Å². The Labute approximate surface area is 172 Å². The number of fused-ring (bicyclic) bond motifs is 2. The second kappa shape index (κ2) is 7.79. The summed E-state index contributed by atoms with van der Waals surface area (Å²) in [5, 5.41) is 0.760. The van der Waals surface area contributed by atoms with Crippen LogP contribution >= 0.6 is 11.3 Å². The van der Waals surface area contributed by atoms with Gasteiger partial charge in [0.15, 0.2) is 0 Å². The van der Waals surface area contributed by atoms with Gasteiger partial charge in [-0.3, -0.25) is 14.2 Å². The number of aromatic nitrogens is 2. The van der Waals surface area contributed by atoms with Crippen molar-refractivity contribution in [2.24, 2.45) is 0 Å². The number of hydrogen-bond acceptors (Lipinski definition) is 5. The maximum Gasteiger partial charge on any atom is 0.266 e. The van der Waals surface area contributed by atoms with Gasteiger partial charge in [0, 0.05) is 22.5 Å². The molecule has 2 aromatic heterocycles. The fourth-order valence-corrected chi connectivity index (χ4v) is 4.54. The van der Waals surface area contributed by atoms with Gasteiger partial charge in [0.25, 0.3) is 5.56 Å². The summed E-state index contributed by atoms with van der Waals surface area (Å²) < 4.78 is 7.72. The highest BCUT2D eigenvalue weighted by Crippen LogP contribution is 2.23. The first kappa shape index (κ1) is 19.3. The lowest BCUT2D eigenvalue weighted by molar-refractivity contribution is 0.414. The molecule has 29 heavy (non-hydrogen) atoms. The van der Waals surface area contributed by atoms with Crippen molar-refractivity contribution in [3.8, 4) is 5.75 Å². The highest BCUT2D eigenvalue weighted by molar-refractivity contribution is 7.24. The number of nitrogens with zero attached hydrogens (tertiary/aromatic N) is 2. The molecule has 0 aliphatic rings. The zero-order valence-electron chi connectivity index (χ0n) is 16.6. The molecule has 4 aromatic rings. The summed E-state index contributed by atoms with van der Waals surface area (Å²) >= 11 is 1.40. The minimum Gasteiger partial charge on any atom is -0.497 e. The van der Waals surface area contributed by atoms with Crippen LogP contribution in [0.15, 0.2) is 58.1 Å². The first-order valence-electron chi connectivity index (χ1n) is 9.59. The predicted molar refractivity (Wildman–Crippen MR) is 118 cm³/mol. The first-order chi connectivity index (χ1) is 14.0. The number of hydrogen-bond donors (Lipinski definition) is 0. The quantitative estimate of drug-likeness (QED) is 0.463. The van der Waals surface area contributed by atoms with Gasteiger partial charge in [0.05, 0.1) is 7.11 Å². The largest absolute Gasteiger partial charge is 0.497 e. The van der Waals surface area contributed by atoms with Gasteiger partial charge in [-0.15, -0.1) is 11.3 Å². The van der Waals surface area contributed by atoms with E-state index in [9.17, 15) is 9.59 Å². The van der Waals surface area contributed by atoms with Crippen molar-refractivity contribution in [3.63, 3.8) is 0 Å². The zero-order chi connectivity index (χ0) is 20.5. The van der Waals surface area contributed by atoms with Crippen LogP contribution in [0.5, 0.6) is 5.75 Å². The van der Waals surface area contributed by atoms with E-state index in [0.717, 1.165) is 16.0 Å². The maximum absolute atomic E-state index is 13.3. The van der Waals surface area contributed by atoms with E-state index in [1.807, 2.05) is 56.3 Å². The Bertz CT molecular complexity index is 1300. The highest BCUT2D eigenvalue weighted by atomic mass is 32.1. The normalized spacial score (nSPS) is 11.4. The van der Waals surface area contributed by atoms with E-state index in [-0.39, 0.29) is 22.3 Å². The Morgan fingerprint density at radius 1 is 1.07 bits per heavy atom. The first-order valence-corrected chi connectivity index (χ1v) is 10.4. The SMILES string of the molecule is COc1ccc(CCn2c(C(C)C)nc3sc4ccccc4c(=O)c3c2=O)cc1. The Balaban J connectivity index is 1.85. The third-order valence-corrected chi connectivity index (χ3v) is 6.10. The van der Waals surface area contributed by atoms with Crippen molar-refractivity contribution >= 4 is 31.6 Å². The molecule has 0 amide bonds. The minimum absolute atomic E-state index is 0.0664. The maximum atomic E-state index is 13.3. The van der Waals surface area contributed by atoms with Gasteiger partial charge in [0.1, 0.15) is 21.8 Å². The predicted octanol–water partition coefficient (Wildman–Crippen LogP) is 4.35. The molecule has 0 aliphatic heterocycles. The molecule has 0 saturated heterocycles. The molecule has 0 saturated carbocycles. The highest BCUT2D eigenvalue weighted by Gasteiger charge is 2.18. The van der Waals surface area contributed by atoms with Crippen molar-refractivity contribution < 1.29 is 4.74 Å². The molecule has 5 nitrogen and oxygen atoms in total. The summed E-state index contributed by atoms with van der Waals surface area (Å²) in [5.74, 6) is 1.57. The minimum atomic E-state index is -0.251. The van der Waals surface area contributed by atoms with E-state index in [0.29, 0.717) is 29.0 Å². The van der Waals surface area contributed by atoms with E-state index in [2.05, 4.69) is 0 Å². The summed E-state index contributed by atoms with van der Waals surface area (Å²) in [6.45, 7) is 4.50.